The van der Waals surface area contributed by atoms with E-state index in [0.717, 1.165) is 74.7 Å². The molecule has 3 aromatic rings. The molecule has 4 rings (SSSR count). The van der Waals surface area contributed by atoms with Crippen molar-refractivity contribution in [2.45, 2.75) is 77.4 Å². The van der Waals surface area contributed by atoms with Crippen molar-refractivity contribution >= 4 is 17.6 Å². The number of aromatic nitrogens is 2. The molecule has 226 valence electrons. The number of carbonyl (C=O) groups is 2. The molecule has 0 spiro atoms. The summed E-state index contributed by atoms with van der Waals surface area (Å²) < 4.78 is 40.2. The van der Waals surface area contributed by atoms with Crippen molar-refractivity contribution in [1.82, 2.24) is 15.1 Å². The van der Waals surface area contributed by atoms with Crippen LogP contribution in [0.4, 0.5) is 14.6 Å². The standard InChI is InChI=1S/C32H40F2N4O4/c1-21(2)17-28(32(40)42-24-10-4-5-11-24)36-15-6-3-7-16-41-25-12-8-9-22(18-25)30(39)26-20-37-38(31(26)35)29-14-13-23(33)19-27(29)34/h8-9,12-14,18-21,24,28,36H,3-7,10-11,15-17,35H2,1-2H3/t28-/m0/s1. The number of nitrogen functional groups attached to an aromatic ring is 1. The number of unbranched alkanes of at least 4 members (excludes halogenated alkanes) is 2. The maximum absolute atomic E-state index is 14.2. The fraction of sp³-hybridized carbons (Fsp3) is 0.469. The van der Waals surface area contributed by atoms with Crippen molar-refractivity contribution in [1.29, 1.82) is 0 Å². The van der Waals surface area contributed by atoms with Crippen LogP contribution in [0.25, 0.3) is 5.69 Å². The van der Waals surface area contributed by atoms with E-state index in [9.17, 15) is 18.4 Å². The summed E-state index contributed by atoms with van der Waals surface area (Å²) in [5.74, 6) is -1.20. The molecule has 0 unspecified atom stereocenters. The Morgan fingerprint density at radius 2 is 1.88 bits per heavy atom. The van der Waals surface area contributed by atoms with E-state index in [1.807, 2.05) is 0 Å². The molecule has 0 bridgehead atoms. The highest BCUT2D eigenvalue weighted by Crippen LogP contribution is 2.25. The molecular formula is C32H40F2N4O4. The Hall–Kier alpha value is -3.79. The van der Waals surface area contributed by atoms with Crippen molar-refractivity contribution in [3.63, 3.8) is 0 Å². The molecule has 1 aliphatic carbocycles. The van der Waals surface area contributed by atoms with E-state index in [2.05, 4.69) is 24.3 Å². The van der Waals surface area contributed by atoms with Gasteiger partial charge in [0.05, 0.1) is 18.4 Å². The third kappa shape index (κ3) is 8.38. The Morgan fingerprint density at radius 1 is 1.10 bits per heavy atom. The third-order valence-corrected chi connectivity index (χ3v) is 7.34. The van der Waals surface area contributed by atoms with Crippen LogP contribution in [-0.2, 0) is 9.53 Å². The molecule has 2 aromatic carbocycles. The summed E-state index contributed by atoms with van der Waals surface area (Å²) in [6.45, 7) is 5.40. The van der Waals surface area contributed by atoms with E-state index in [1.54, 1.807) is 24.3 Å². The topological polar surface area (TPSA) is 108 Å². The average molecular weight is 583 g/mol. The summed E-state index contributed by atoms with van der Waals surface area (Å²) in [5, 5.41) is 7.42. The monoisotopic (exact) mass is 582 g/mol. The Kier molecular flexibility index (Phi) is 11.1. The second kappa shape index (κ2) is 14.9. The highest BCUT2D eigenvalue weighted by Gasteiger charge is 2.26. The van der Waals surface area contributed by atoms with Crippen LogP contribution in [0.5, 0.6) is 5.75 Å². The van der Waals surface area contributed by atoms with Gasteiger partial charge in [0.15, 0.2) is 11.6 Å². The number of halogens is 2. The van der Waals surface area contributed by atoms with Crippen LogP contribution in [-0.4, -0.2) is 46.8 Å². The number of carbonyl (C=O) groups excluding carboxylic acids is 2. The van der Waals surface area contributed by atoms with Gasteiger partial charge in [-0.25, -0.2) is 13.5 Å². The van der Waals surface area contributed by atoms with Gasteiger partial charge in [0.1, 0.15) is 35.2 Å². The van der Waals surface area contributed by atoms with Crippen LogP contribution < -0.4 is 15.8 Å². The number of anilines is 1. The molecular weight excluding hydrogens is 542 g/mol. The van der Waals surface area contributed by atoms with E-state index in [4.69, 9.17) is 15.2 Å². The highest BCUT2D eigenvalue weighted by atomic mass is 19.1. The molecule has 0 amide bonds. The molecule has 8 nitrogen and oxygen atoms in total. The van der Waals surface area contributed by atoms with Gasteiger partial charge in [0.25, 0.3) is 0 Å². The quantitative estimate of drug-likeness (QED) is 0.128. The zero-order valence-electron chi connectivity index (χ0n) is 24.3. The first-order chi connectivity index (χ1) is 20.2. The lowest BCUT2D eigenvalue weighted by molar-refractivity contribution is -0.151. The summed E-state index contributed by atoms with van der Waals surface area (Å²) in [4.78, 5) is 25.8. The fourth-order valence-electron chi connectivity index (χ4n) is 5.12. The number of esters is 1. The van der Waals surface area contributed by atoms with Crippen molar-refractivity contribution < 1.29 is 27.8 Å². The number of nitrogens with two attached hydrogens (primary N) is 1. The number of hydrogen-bond acceptors (Lipinski definition) is 7. The number of hydrogen-bond donors (Lipinski definition) is 2. The summed E-state index contributed by atoms with van der Waals surface area (Å²) in [5.41, 5.74) is 6.51. The van der Waals surface area contributed by atoms with Crippen molar-refractivity contribution in [3.8, 4) is 11.4 Å². The van der Waals surface area contributed by atoms with Crippen LogP contribution in [0, 0.1) is 17.6 Å². The fourth-order valence-corrected chi connectivity index (χ4v) is 5.12. The summed E-state index contributed by atoms with van der Waals surface area (Å²) in [7, 11) is 0. The summed E-state index contributed by atoms with van der Waals surface area (Å²) in [6, 6.07) is 9.51. The number of rotatable bonds is 15. The predicted molar refractivity (Wildman–Crippen MR) is 157 cm³/mol. The number of ether oxygens (including phenoxy) is 2. The van der Waals surface area contributed by atoms with Gasteiger partial charge in [-0.3, -0.25) is 9.59 Å². The minimum Gasteiger partial charge on any atom is -0.494 e. The maximum Gasteiger partial charge on any atom is 0.323 e. The number of benzene rings is 2. The summed E-state index contributed by atoms with van der Waals surface area (Å²) >= 11 is 0. The maximum atomic E-state index is 14.2. The Balaban J connectivity index is 1.23. The van der Waals surface area contributed by atoms with E-state index in [1.165, 1.54) is 12.3 Å². The molecule has 42 heavy (non-hydrogen) atoms. The SMILES string of the molecule is CC(C)C[C@H](NCCCCCOc1cccc(C(=O)c2cnn(-c3ccc(F)cc3F)c2N)c1)C(=O)OC1CCCC1. The third-order valence-electron chi connectivity index (χ3n) is 7.34. The van der Waals surface area contributed by atoms with E-state index in [-0.39, 0.29) is 41.0 Å². The molecule has 0 aliphatic heterocycles. The highest BCUT2D eigenvalue weighted by molar-refractivity contribution is 6.11. The van der Waals surface area contributed by atoms with Crippen LogP contribution in [0.3, 0.4) is 0 Å². The largest absolute Gasteiger partial charge is 0.494 e. The van der Waals surface area contributed by atoms with Crippen LogP contribution in [0.15, 0.2) is 48.7 Å². The predicted octanol–water partition coefficient (Wildman–Crippen LogP) is 6.00. The van der Waals surface area contributed by atoms with Gasteiger partial charge in [0.2, 0.25) is 0 Å². The summed E-state index contributed by atoms with van der Waals surface area (Å²) in [6.07, 6.45) is 8.89. The lowest BCUT2D eigenvalue weighted by Crippen LogP contribution is -2.40. The molecule has 1 aromatic heterocycles. The number of ketones is 1. The van der Waals surface area contributed by atoms with Crippen molar-refractivity contribution in [2.24, 2.45) is 5.92 Å². The Labute approximate surface area is 245 Å². The van der Waals surface area contributed by atoms with Crippen LogP contribution >= 0.6 is 0 Å². The molecule has 10 heteroatoms. The zero-order valence-corrected chi connectivity index (χ0v) is 24.3. The van der Waals surface area contributed by atoms with Gasteiger partial charge in [-0.2, -0.15) is 5.10 Å². The molecule has 1 atom stereocenters. The molecule has 0 saturated heterocycles. The second-order valence-electron chi connectivity index (χ2n) is 11.2. The molecule has 1 heterocycles. The lowest BCUT2D eigenvalue weighted by Gasteiger charge is -2.21. The van der Waals surface area contributed by atoms with E-state index < -0.39 is 11.6 Å². The molecule has 1 aliphatic rings. The molecule has 0 radical (unpaired) electrons. The Bertz CT molecular complexity index is 1350. The van der Waals surface area contributed by atoms with Crippen LogP contribution in [0.1, 0.15) is 81.1 Å². The van der Waals surface area contributed by atoms with E-state index in [0.29, 0.717) is 23.8 Å². The first-order valence-corrected chi connectivity index (χ1v) is 14.7. The van der Waals surface area contributed by atoms with Gasteiger partial charge in [-0.15, -0.1) is 0 Å². The minimum atomic E-state index is -0.841. The average Bonchev–Trinajstić information content (AvgIpc) is 3.61. The minimum absolute atomic E-state index is 0.0483. The molecule has 1 fully saturated rings. The van der Waals surface area contributed by atoms with Crippen LogP contribution in [0.2, 0.25) is 0 Å². The smallest absolute Gasteiger partial charge is 0.323 e. The van der Waals surface area contributed by atoms with Crippen molar-refractivity contribution in [2.75, 3.05) is 18.9 Å². The first kappa shape index (κ1) is 31.2. The van der Waals surface area contributed by atoms with Crippen molar-refractivity contribution in [3.05, 3.63) is 71.4 Å². The van der Waals surface area contributed by atoms with Gasteiger partial charge < -0.3 is 20.5 Å². The van der Waals surface area contributed by atoms with Gasteiger partial charge in [-0.05, 0) is 88.1 Å². The molecule has 3 N–H and O–H groups in total. The normalized spacial score (nSPS) is 14.3. The second-order valence-corrected chi connectivity index (χ2v) is 11.2. The van der Waals surface area contributed by atoms with Gasteiger partial charge >= 0.3 is 5.97 Å². The first-order valence-electron chi connectivity index (χ1n) is 14.7. The molecule has 1 saturated carbocycles. The number of nitrogens with zero attached hydrogens (tertiary/aromatic N) is 2. The van der Waals surface area contributed by atoms with Gasteiger partial charge in [-0.1, -0.05) is 26.0 Å². The Morgan fingerprint density at radius 3 is 2.62 bits per heavy atom. The zero-order chi connectivity index (χ0) is 30.1. The van der Waals surface area contributed by atoms with E-state index >= 15 is 0 Å². The number of nitrogens with one attached hydrogen (secondary N) is 1. The van der Waals surface area contributed by atoms with Gasteiger partial charge in [0, 0.05) is 11.6 Å². The lowest BCUT2D eigenvalue weighted by atomic mass is 10.0.